The molecule has 0 aromatic heterocycles. The van der Waals surface area contributed by atoms with Crippen molar-refractivity contribution in [2.24, 2.45) is 16.1 Å². The van der Waals surface area contributed by atoms with E-state index in [4.69, 9.17) is 0 Å². The standard InChI is InChI=1S/C19H22N2Si/c1-3-7-17(8-4-1)22(18-9-5-2-6-10-18)13-11-16-15-20-21-19(16)12-14-22/h1-10,16,19H,11-15H2/t16-,19+/m0/s1. The molecule has 2 aliphatic rings. The topological polar surface area (TPSA) is 24.7 Å². The first-order valence-corrected chi connectivity index (χ1v) is 10.8. The third kappa shape index (κ3) is 2.33. The van der Waals surface area contributed by atoms with Gasteiger partial charge in [0.2, 0.25) is 0 Å². The van der Waals surface area contributed by atoms with E-state index in [2.05, 4.69) is 70.9 Å². The molecule has 0 N–H and O–H groups in total. The predicted molar refractivity (Wildman–Crippen MR) is 93.8 cm³/mol. The second-order valence-electron chi connectivity index (χ2n) is 6.66. The molecule has 2 nitrogen and oxygen atoms in total. The molecule has 1 fully saturated rings. The van der Waals surface area contributed by atoms with Crippen LogP contribution in [0.5, 0.6) is 0 Å². The molecular formula is C19H22N2Si. The first kappa shape index (κ1) is 13.9. The van der Waals surface area contributed by atoms with Crippen LogP contribution in [0.1, 0.15) is 12.8 Å². The van der Waals surface area contributed by atoms with Crippen LogP contribution < -0.4 is 10.4 Å². The molecule has 4 rings (SSSR count). The van der Waals surface area contributed by atoms with Crippen LogP contribution in [0.25, 0.3) is 0 Å². The molecule has 2 aromatic carbocycles. The van der Waals surface area contributed by atoms with Crippen LogP contribution in [0.4, 0.5) is 0 Å². The van der Waals surface area contributed by atoms with Crippen molar-refractivity contribution in [2.75, 3.05) is 6.54 Å². The first-order valence-electron chi connectivity index (χ1n) is 8.36. The SMILES string of the molecule is c1ccc([Si]2(c3ccccc3)CC[C@H]3CN=N[C@@H]3CC2)cc1. The molecule has 0 saturated carbocycles. The third-order valence-corrected chi connectivity index (χ3v) is 10.7. The van der Waals surface area contributed by atoms with Crippen LogP contribution in [0.2, 0.25) is 12.1 Å². The van der Waals surface area contributed by atoms with Crippen molar-refractivity contribution < 1.29 is 0 Å². The first-order chi connectivity index (χ1) is 10.9. The average Bonchev–Trinajstić information content (AvgIpc) is 2.97. The zero-order valence-electron chi connectivity index (χ0n) is 12.9. The summed E-state index contributed by atoms with van der Waals surface area (Å²) in [5.41, 5.74) is 0. The van der Waals surface area contributed by atoms with Gasteiger partial charge < -0.3 is 0 Å². The largest absolute Gasteiger partial charge is 0.194 e. The second-order valence-corrected chi connectivity index (χ2v) is 11.0. The number of hydrogen-bond donors (Lipinski definition) is 0. The van der Waals surface area contributed by atoms with Crippen molar-refractivity contribution >= 4 is 18.4 Å². The van der Waals surface area contributed by atoms with E-state index in [1.165, 1.54) is 24.9 Å². The molecule has 0 bridgehead atoms. The maximum atomic E-state index is 4.52. The number of fused-ring (bicyclic) bond motifs is 1. The summed E-state index contributed by atoms with van der Waals surface area (Å²) in [6.45, 7) is 0.957. The maximum Gasteiger partial charge on any atom is 0.118 e. The molecule has 2 atom stereocenters. The van der Waals surface area contributed by atoms with Gasteiger partial charge >= 0.3 is 0 Å². The van der Waals surface area contributed by atoms with E-state index in [1.807, 2.05) is 0 Å². The molecular weight excluding hydrogens is 284 g/mol. The highest BCUT2D eigenvalue weighted by Gasteiger charge is 2.42. The molecule has 1 saturated heterocycles. The van der Waals surface area contributed by atoms with Gasteiger partial charge in [-0.2, -0.15) is 10.2 Å². The van der Waals surface area contributed by atoms with Crippen LogP contribution in [-0.2, 0) is 0 Å². The van der Waals surface area contributed by atoms with Crippen molar-refractivity contribution in [2.45, 2.75) is 31.0 Å². The molecule has 22 heavy (non-hydrogen) atoms. The van der Waals surface area contributed by atoms with E-state index >= 15 is 0 Å². The van der Waals surface area contributed by atoms with Crippen molar-refractivity contribution in [3.05, 3.63) is 60.7 Å². The summed E-state index contributed by atoms with van der Waals surface area (Å²) < 4.78 is 0. The fourth-order valence-electron chi connectivity index (χ4n) is 4.26. The van der Waals surface area contributed by atoms with Crippen LogP contribution in [0.3, 0.4) is 0 Å². The highest BCUT2D eigenvalue weighted by Crippen LogP contribution is 2.35. The van der Waals surface area contributed by atoms with E-state index in [9.17, 15) is 0 Å². The minimum atomic E-state index is -1.65. The summed E-state index contributed by atoms with van der Waals surface area (Å²) in [7, 11) is -1.65. The van der Waals surface area contributed by atoms with Gasteiger partial charge in [0.15, 0.2) is 0 Å². The van der Waals surface area contributed by atoms with E-state index in [0.717, 1.165) is 6.54 Å². The molecule has 2 heterocycles. The van der Waals surface area contributed by atoms with Gasteiger partial charge in [0.25, 0.3) is 0 Å². The van der Waals surface area contributed by atoms with Crippen LogP contribution in [0.15, 0.2) is 70.9 Å². The van der Waals surface area contributed by atoms with Crippen molar-refractivity contribution in [3.8, 4) is 0 Å². The second kappa shape index (κ2) is 5.80. The molecule has 0 aliphatic carbocycles. The van der Waals surface area contributed by atoms with Gasteiger partial charge in [0.1, 0.15) is 8.07 Å². The lowest BCUT2D eigenvalue weighted by atomic mass is 9.97. The van der Waals surface area contributed by atoms with Crippen molar-refractivity contribution in [1.29, 1.82) is 0 Å². The fourth-order valence-corrected chi connectivity index (χ4v) is 9.31. The lowest BCUT2D eigenvalue weighted by Gasteiger charge is -2.32. The highest BCUT2D eigenvalue weighted by atomic mass is 28.3. The molecule has 2 aliphatic heterocycles. The molecule has 2 aromatic rings. The van der Waals surface area contributed by atoms with Gasteiger partial charge in [-0.05, 0) is 24.9 Å². The molecule has 0 spiro atoms. The average molecular weight is 306 g/mol. The summed E-state index contributed by atoms with van der Waals surface area (Å²) in [6.07, 6.45) is 2.50. The van der Waals surface area contributed by atoms with Gasteiger partial charge in [-0.3, -0.25) is 0 Å². The summed E-state index contributed by atoms with van der Waals surface area (Å²) in [4.78, 5) is 0. The number of azo groups is 1. The molecule has 0 amide bonds. The van der Waals surface area contributed by atoms with Gasteiger partial charge in [-0.15, -0.1) is 0 Å². The van der Waals surface area contributed by atoms with Gasteiger partial charge in [0, 0.05) is 5.92 Å². The lowest BCUT2D eigenvalue weighted by Crippen LogP contribution is -2.57. The number of nitrogens with zero attached hydrogens (tertiary/aromatic N) is 2. The van der Waals surface area contributed by atoms with Crippen LogP contribution in [-0.4, -0.2) is 20.7 Å². The Balaban J connectivity index is 1.78. The summed E-state index contributed by atoms with van der Waals surface area (Å²) in [5.74, 6) is 0.696. The Morgan fingerprint density at radius 1 is 0.773 bits per heavy atom. The van der Waals surface area contributed by atoms with Crippen molar-refractivity contribution in [3.63, 3.8) is 0 Å². The van der Waals surface area contributed by atoms with Gasteiger partial charge in [0.05, 0.1) is 12.6 Å². The van der Waals surface area contributed by atoms with Crippen LogP contribution in [0, 0.1) is 5.92 Å². The number of rotatable bonds is 2. The minimum Gasteiger partial charge on any atom is -0.194 e. The Morgan fingerprint density at radius 3 is 2.00 bits per heavy atom. The zero-order valence-corrected chi connectivity index (χ0v) is 13.9. The monoisotopic (exact) mass is 306 g/mol. The quantitative estimate of drug-likeness (QED) is 0.759. The maximum absolute atomic E-state index is 4.52. The Morgan fingerprint density at radius 2 is 1.36 bits per heavy atom. The van der Waals surface area contributed by atoms with Crippen molar-refractivity contribution in [1.82, 2.24) is 0 Å². The van der Waals surface area contributed by atoms with E-state index in [0.29, 0.717) is 12.0 Å². The Labute approximate surface area is 133 Å². The molecule has 0 radical (unpaired) electrons. The smallest absolute Gasteiger partial charge is 0.118 e. The zero-order chi connectivity index (χ0) is 14.8. The summed E-state index contributed by atoms with van der Waals surface area (Å²) >= 11 is 0. The normalized spacial score (nSPS) is 26.4. The lowest BCUT2D eigenvalue weighted by molar-refractivity contribution is 0.467. The van der Waals surface area contributed by atoms with Crippen LogP contribution >= 0.6 is 0 Å². The minimum absolute atomic E-state index is 0.488. The number of hydrogen-bond acceptors (Lipinski definition) is 2. The van der Waals surface area contributed by atoms with E-state index in [-0.39, 0.29) is 0 Å². The van der Waals surface area contributed by atoms with Gasteiger partial charge in [-0.1, -0.05) is 71.0 Å². The summed E-state index contributed by atoms with van der Waals surface area (Å²) in [6, 6.07) is 25.7. The molecule has 0 unspecified atom stereocenters. The van der Waals surface area contributed by atoms with E-state index < -0.39 is 8.07 Å². The Hall–Kier alpha value is -1.74. The van der Waals surface area contributed by atoms with Gasteiger partial charge in [-0.25, -0.2) is 0 Å². The number of benzene rings is 2. The highest BCUT2D eigenvalue weighted by molar-refractivity contribution is 7.02. The fraction of sp³-hybridized carbons (Fsp3) is 0.368. The predicted octanol–water partition coefficient (Wildman–Crippen LogP) is 3.49. The summed E-state index contributed by atoms with van der Waals surface area (Å²) in [5, 5.41) is 12.0. The van der Waals surface area contributed by atoms with E-state index in [1.54, 1.807) is 10.4 Å². The Kier molecular flexibility index (Phi) is 3.66. The molecule has 112 valence electrons. The Bertz CT molecular complexity index is 614. The third-order valence-electron chi connectivity index (χ3n) is 5.55. The molecule has 3 heteroatoms.